The van der Waals surface area contributed by atoms with Gasteiger partial charge in [-0.1, -0.05) is 55.8 Å². The molecule has 0 saturated heterocycles. The topological polar surface area (TPSA) is 26.0 Å². The molecule has 0 heterocycles. The molecule has 21 heavy (non-hydrogen) atoms. The number of hydrogen-bond donors (Lipinski definition) is 1. The molecule has 2 rings (SSSR count). The van der Waals surface area contributed by atoms with Crippen molar-refractivity contribution in [1.29, 1.82) is 0 Å². The van der Waals surface area contributed by atoms with Crippen LogP contribution in [0.2, 0.25) is 5.02 Å². The van der Waals surface area contributed by atoms with Crippen molar-refractivity contribution in [1.82, 2.24) is 0 Å². The molecule has 2 N–H and O–H groups in total. The van der Waals surface area contributed by atoms with E-state index in [0.29, 0.717) is 5.92 Å². The molecular weight excluding hydrogens is 298 g/mol. The van der Waals surface area contributed by atoms with Gasteiger partial charge in [0.25, 0.3) is 0 Å². The Morgan fingerprint density at radius 3 is 2.57 bits per heavy atom. The second-order valence-electron chi connectivity index (χ2n) is 5.72. The minimum absolute atomic E-state index is 0.0427. The molecule has 1 nitrogen and oxygen atoms in total. The van der Waals surface area contributed by atoms with E-state index in [1.165, 1.54) is 11.1 Å². The van der Waals surface area contributed by atoms with Gasteiger partial charge < -0.3 is 5.73 Å². The van der Waals surface area contributed by atoms with Crippen LogP contribution in [0, 0.1) is 5.92 Å². The third kappa shape index (κ3) is 5.39. The molecule has 2 aromatic carbocycles. The van der Waals surface area contributed by atoms with Gasteiger partial charge in [-0.2, -0.15) is 0 Å². The summed E-state index contributed by atoms with van der Waals surface area (Å²) in [6.07, 6.45) is 1.10. The van der Waals surface area contributed by atoms with E-state index in [1.807, 2.05) is 18.2 Å². The van der Waals surface area contributed by atoms with Gasteiger partial charge >= 0.3 is 0 Å². The van der Waals surface area contributed by atoms with Crippen molar-refractivity contribution < 1.29 is 0 Å². The number of nitrogens with two attached hydrogens (primary N) is 1. The van der Waals surface area contributed by atoms with Gasteiger partial charge in [-0.25, -0.2) is 0 Å². The maximum atomic E-state index is 6.33. The van der Waals surface area contributed by atoms with Crippen LogP contribution < -0.4 is 5.73 Å². The summed E-state index contributed by atoms with van der Waals surface area (Å²) in [6.45, 7) is 4.48. The smallest absolute Gasteiger partial charge is 0.0417 e. The third-order valence-electron chi connectivity index (χ3n) is 3.25. The molecule has 1 unspecified atom stereocenters. The van der Waals surface area contributed by atoms with Crippen molar-refractivity contribution in [3.8, 4) is 0 Å². The first-order chi connectivity index (χ1) is 10.0. The van der Waals surface area contributed by atoms with E-state index in [-0.39, 0.29) is 6.04 Å². The Balaban J connectivity index is 1.98. The quantitative estimate of drug-likeness (QED) is 0.728. The lowest BCUT2D eigenvalue weighted by atomic mass is 9.99. The van der Waals surface area contributed by atoms with Crippen molar-refractivity contribution in [3.63, 3.8) is 0 Å². The number of thioether (sulfide) groups is 1. The van der Waals surface area contributed by atoms with Crippen LogP contribution in [-0.4, -0.2) is 5.75 Å². The highest BCUT2D eigenvalue weighted by Gasteiger charge is 2.08. The Hall–Kier alpha value is -0.960. The molecule has 0 bridgehead atoms. The normalized spacial score (nSPS) is 12.6. The van der Waals surface area contributed by atoms with E-state index >= 15 is 0 Å². The highest BCUT2D eigenvalue weighted by Crippen LogP contribution is 2.26. The summed E-state index contributed by atoms with van der Waals surface area (Å²) in [7, 11) is 0. The van der Waals surface area contributed by atoms with Crippen LogP contribution >= 0.6 is 23.4 Å². The molecule has 1 atom stereocenters. The monoisotopic (exact) mass is 319 g/mol. The number of hydrogen-bond acceptors (Lipinski definition) is 2. The van der Waals surface area contributed by atoms with E-state index in [2.05, 4.69) is 44.2 Å². The van der Waals surface area contributed by atoms with Crippen LogP contribution in [0.1, 0.15) is 31.0 Å². The first-order valence-electron chi connectivity index (χ1n) is 7.27. The molecule has 0 radical (unpaired) electrons. The van der Waals surface area contributed by atoms with Gasteiger partial charge in [0.2, 0.25) is 0 Å². The highest BCUT2D eigenvalue weighted by molar-refractivity contribution is 7.99. The highest BCUT2D eigenvalue weighted by atomic mass is 35.5. The maximum absolute atomic E-state index is 6.33. The Bertz CT molecular complexity index is 583. The maximum Gasteiger partial charge on any atom is 0.0417 e. The van der Waals surface area contributed by atoms with Crippen LogP contribution in [0.5, 0.6) is 0 Å². The molecule has 112 valence electrons. The van der Waals surface area contributed by atoms with Crippen molar-refractivity contribution in [2.45, 2.75) is 31.2 Å². The minimum Gasteiger partial charge on any atom is -0.323 e. The van der Waals surface area contributed by atoms with E-state index in [9.17, 15) is 0 Å². The summed E-state index contributed by atoms with van der Waals surface area (Å²) < 4.78 is 0. The zero-order chi connectivity index (χ0) is 15.2. The van der Waals surface area contributed by atoms with Crippen LogP contribution in [-0.2, 0) is 6.42 Å². The van der Waals surface area contributed by atoms with Gasteiger partial charge in [0, 0.05) is 21.7 Å². The Labute approximate surface area is 136 Å². The van der Waals surface area contributed by atoms with Crippen molar-refractivity contribution in [3.05, 3.63) is 64.7 Å². The molecule has 0 amide bonds. The van der Waals surface area contributed by atoms with Crippen LogP contribution in [0.15, 0.2) is 53.4 Å². The van der Waals surface area contributed by atoms with Crippen LogP contribution in [0.25, 0.3) is 0 Å². The Kier molecular flexibility index (Phi) is 6.16. The van der Waals surface area contributed by atoms with E-state index < -0.39 is 0 Å². The summed E-state index contributed by atoms with van der Waals surface area (Å²) in [5.41, 5.74) is 8.90. The standard InChI is InChI=1S/C18H22ClNS/c1-13(2)9-14-5-3-6-15(10-14)18(20)12-21-17-8-4-7-16(19)11-17/h3-8,10-11,13,18H,9,12,20H2,1-2H3. The van der Waals surface area contributed by atoms with Gasteiger partial charge in [-0.15, -0.1) is 11.8 Å². The number of benzene rings is 2. The molecule has 0 aliphatic carbocycles. The molecule has 2 aromatic rings. The van der Waals surface area contributed by atoms with E-state index in [4.69, 9.17) is 17.3 Å². The summed E-state index contributed by atoms with van der Waals surface area (Å²) >= 11 is 7.75. The fourth-order valence-electron chi connectivity index (χ4n) is 2.26. The lowest BCUT2D eigenvalue weighted by Crippen LogP contribution is -2.13. The molecule has 0 aliphatic rings. The van der Waals surface area contributed by atoms with E-state index in [1.54, 1.807) is 11.8 Å². The Morgan fingerprint density at radius 2 is 1.86 bits per heavy atom. The molecule has 0 aliphatic heterocycles. The average Bonchev–Trinajstić information content (AvgIpc) is 2.44. The molecule has 0 aromatic heterocycles. The van der Waals surface area contributed by atoms with Crippen LogP contribution in [0.3, 0.4) is 0 Å². The predicted octanol–water partition coefficient (Wildman–Crippen LogP) is 5.33. The second kappa shape index (κ2) is 7.88. The first-order valence-corrected chi connectivity index (χ1v) is 8.63. The lowest BCUT2D eigenvalue weighted by molar-refractivity contribution is 0.646. The van der Waals surface area contributed by atoms with Gasteiger partial charge in [0.05, 0.1) is 0 Å². The van der Waals surface area contributed by atoms with Gasteiger partial charge in [0.15, 0.2) is 0 Å². The summed E-state index contributed by atoms with van der Waals surface area (Å²) in [6, 6.07) is 16.6. The zero-order valence-corrected chi connectivity index (χ0v) is 14.1. The van der Waals surface area contributed by atoms with Gasteiger partial charge in [-0.05, 0) is 41.7 Å². The number of halogens is 1. The average molecular weight is 320 g/mol. The van der Waals surface area contributed by atoms with Crippen molar-refractivity contribution >= 4 is 23.4 Å². The molecular formula is C18H22ClNS. The summed E-state index contributed by atoms with van der Waals surface area (Å²) in [4.78, 5) is 1.16. The van der Waals surface area contributed by atoms with Gasteiger partial charge in [-0.3, -0.25) is 0 Å². The summed E-state index contributed by atoms with van der Waals surface area (Å²) in [5, 5.41) is 0.771. The fraction of sp³-hybridized carbons (Fsp3) is 0.333. The van der Waals surface area contributed by atoms with E-state index in [0.717, 1.165) is 22.1 Å². The molecule has 0 fully saturated rings. The number of rotatable bonds is 6. The first kappa shape index (κ1) is 16.4. The van der Waals surface area contributed by atoms with Crippen molar-refractivity contribution in [2.75, 3.05) is 5.75 Å². The van der Waals surface area contributed by atoms with Crippen molar-refractivity contribution in [2.24, 2.45) is 11.7 Å². The predicted molar refractivity (Wildman–Crippen MR) is 94.1 cm³/mol. The van der Waals surface area contributed by atoms with Gasteiger partial charge in [0.1, 0.15) is 0 Å². The molecule has 0 saturated carbocycles. The molecule has 0 spiro atoms. The zero-order valence-electron chi connectivity index (χ0n) is 12.6. The minimum atomic E-state index is 0.0427. The third-order valence-corrected chi connectivity index (χ3v) is 4.60. The second-order valence-corrected chi connectivity index (χ2v) is 7.25. The summed E-state index contributed by atoms with van der Waals surface area (Å²) in [5.74, 6) is 1.52. The lowest BCUT2D eigenvalue weighted by Gasteiger charge is -2.14. The molecule has 3 heteroatoms. The Morgan fingerprint density at radius 1 is 1.10 bits per heavy atom. The largest absolute Gasteiger partial charge is 0.323 e. The van der Waals surface area contributed by atoms with Crippen LogP contribution in [0.4, 0.5) is 0 Å². The fourth-order valence-corrected chi connectivity index (χ4v) is 3.47. The SMILES string of the molecule is CC(C)Cc1cccc(C(N)CSc2cccc(Cl)c2)c1.